The van der Waals surface area contributed by atoms with Crippen LogP contribution in [0.25, 0.3) is 11.3 Å². The van der Waals surface area contributed by atoms with Crippen LogP contribution in [-0.2, 0) is 17.6 Å². The van der Waals surface area contributed by atoms with E-state index in [1.54, 1.807) is 28.7 Å². The molecule has 1 aromatic carbocycles. The third kappa shape index (κ3) is 4.70. The molecule has 4 nitrogen and oxygen atoms in total. The van der Waals surface area contributed by atoms with Crippen molar-refractivity contribution in [3.05, 3.63) is 56.0 Å². The number of aryl methyl sites for hydroxylation is 1. The molecule has 0 aliphatic carbocycles. The number of rotatable bonds is 6. The van der Waals surface area contributed by atoms with Gasteiger partial charge in [-0.3, -0.25) is 4.79 Å². The van der Waals surface area contributed by atoms with Gasteiger partial charge in [0.1, 0.15) is 5.82 Å². The number of amides is 1. The van der Waals surface area contributed by atoms with Gasteiger partial charge < -0.3 is 5.32 Å². The lowest BCUT2D eigenvalue weighted by Crippen LogP contribution is -2.22. The number of carbonyl (C=O) groups is 1. The first kappa shape index (κ1) is 17.7. The van der Waals surface area contributed by atoms with Gasteiger partial charge in [0.25, 0.3) is 0 Å². The number of thiazole rings is 2. The van der Waals surface area contributed by atoms with Crippen LogP contribution >= 0.6 is 22.7 Å². The molecule has 3 rings (SSSR count). The zero-order chi connectivity index (χ0) is 17.8. The molecule has 0 unspecified atom stereocenters. The van der Waals surface area contributed by atoms with Gasteiger partial charge in [-0.05, 0) is 25.0 Å². The number of hydrogen-bond donors (Lipinski definition) is 1. The fourth-order valence-electron chi connectivity index (χ4n) is 2.45. The highest BCUT2D eigenvalue weighted by Gasteiger charge is 2.10. The highest BCUT2D eigenvalue weighted by atomic mass is 32.1. The molecule has 0 spiro atoms. The fraction of sp³-hybridized carbons (Fsp3) is 0.278. The summed E-state index contributed by atoms with van der Waals surface area (Å²) >= 11 is 3.19. The Balaban J connectivity index is 1.69. The van der Waals surface area contributed by atoms with E-state index in [2.05, 4.69) is 15.3 Å². The van der Waals surface area contributed by atoms with Crippen LogP contribution in [0.4, 0.5) is 4.39 Å². The van der Waals surface area contributed by atoms with Crippen molar-refractivity contribution in [1.29, 1.82) is 0 Å². The van der Waals surface area contributed by atoms with Gasteiger partial charge in [0, 0.05) is 36.2 Å². The summed E-state index contributed by atoms with van der Waals surface area (Å²) in [5.41, 5.74) is 3.14. The summed E-state index contributed by atoms with van der Waals surface area (Å²) < 4.78 is 14.3. The van der Waals surface area contributed by atoms with Crippen LogP contribution in [-0.4, -0.2) is 22.4 Å². The van der Waals surface area contributed by atoms with Gasteiger partial charge in [0.2, 0.25) is 5.91 Å². The topological polar surface area (TPSA) is 54.9 Å². The number of benzene rings is 1. The van der Waals surface area contributed by atoms with Crippen LogP contribution < -0.4 is 5.32 Å². The lowest BCUT2D eigenvalue weighted by atomic mass is 10.1. The highest BCUT2D eigenvalue weighted by molar-refractivity contribution is 7.10. The molecule has 7 heteroatoms. The van der Waals surface area contributed by atoms with Crippen LogP contribution in [0.3, 0.4) is 0 Å². The van der Waals surface area contributed by atoms with Gasteiger partial charge in [-0.15, -0.1) is 22.7 Å². The van der Waals surface area contributed by atoms with Gasteiger partial charge in [-0.1, -0.05) is 12.1 Å². The Bertz CT molecular complexity index is 888. The van der Waals surface area contributed by atoms with Crippen molar-refractivity contribution in [3.63, 3.8) is 0 Å². The van der Waals surface area contributed by atoms with Gasteiger partial charge in [0.15, 0.2) is 0 Å². The Labute approximate surface area is 153 Å². The first-order chi connectivity index (χ1) is 12.0. The van der Waals surface area contributed by atoms with E-state index in [-0.39, 0.29) is 11.7 Å². The van der Waals surface area contributed by atoms with Crippen molar-refractivity contribution in [2.75, 3.05) is 6.54 Å². The molecule has 0 saturated heterocycles. The van der Waals surface area contributed by atoms with Crippen molar-refractivity contribution in [2.24, 2.45) is 0 Å². The van der Waals surface area contributed by atoms with Crippen molar-refractivity contribution in [3.8, 4) is 11.3 Å². The zero-order valence-electron chi connectivity index (χ0n) is 14.0. The van der Waals surface area contributed by atoms with Crippen LogP contribution in [0.15, 0.2) is 29.0 Å². The van der Waals surface area contributed by atoms with E-state index in [1.165, 1.54) is 13.0 Å². The summed E-state index contributed by atoms with van der Waals surface area (Å²) in [5, 5.41) is 8.67. The second kappa shape index (κ2) is 7.84. The molecule has 0 atom stereocenters. The maximum Gasteiger partial charge on any atom is 0.216 e. The number of halogens is 1. The molecule has 2 heterocycles. The summed E-state index contributed by atoms with van der Waals surface area (Å²) in [4.78, 5) is 19.9. The molecule has 0 aliphatic heterocycles. The maximum absolute atomic E-state index is 14.3. The quantitative estimate of drug-likeness (QED) is 0.709. The molecule has 0 fully saturated rings. The van der Waals surface area contributed by atoms with E-state index in [4.69, 9.17) is 0 Å². The minimum atomic E-state index is -0.271. The van der Waals surface area contributed by atoms with E-state index in [0.29, 0.717) is 24.9 Å². The number of aromatic nitrogens is 2. The standard InChI is InChI=1S/C18H18FN3OS2/c1-11(23)20-6-5-13-3-4-14(7-16(13)19)17-10-25-18(22-17)8-15-9-24-12(2)21-15/h3-4,7,9-10H,5-6,8H2,1-2H3,(H,20,23). The van der Waals surface area contributed by atoms with Crippen molar-refractivity contribution < 1.29 is 9.18 Å². The summed E-state index contributed by atoms with van der Waals surface area (Å²) in [6.45, 7) is 3.86. The summed E-state index contributed by atoms with van der Waals surface area (Å²) in [5.74, 6) is -0.380. The van der Waals surface area contributed by atoms with Gasteiger partial charge in [0.05, 0.1) is 21.4 Å². The Hall–Kier alpha value is -2.12. The average molecular weight is 375 g/mol. The van der Waals surface area contributed by atoms with Crippen LogP contribution in [0, 0.1) is 12.7 Å². The minimum absolute atomic E-state index is 0.109. The summed E-state index contributed by atoms with van der Waals surface area (Å²) in [6, 6.07) is 5.14. The molecule has 1 N–H and O–H groups in total. The van der Waals surface area contributed by atoms with Gasteiger partial charge >= 0.3 is 0 Å². The van der Waals surface area contributed by atoms with Crippen LogP contribution in [0.1, 0.15) is 28.2 Å². The fourth-order valence-corrected chi connectivity index (χ4v) is 3.88. The second-order valence-electron chi connectivity index (χ2n) is 5.70. The number of carbonyl (C=O) groups excluding carboxylic acids is 1. The zero-order valence-corrected chi connectivity index (χ0v) is 15.6. The Kier molecular flexibility index (Phi) is 5.55. The predicted molar refractivity (Wildman–Crippen MR) is 99.6 cm³/mol. The SMILES string of the molecule is CC(=O)NCCc1ccc(-c2csc(Cc3csc(C)n3)n2)cc1F. The first-order valence-corrected chi connectivity index (χ1v) is 9.66. The molecule has 1 amide bonds. The highest BCUT2D eigenvalue weighted by Crippen LogP contribution is 2.25. The van der Waals surface area contributed by atoms with E-state index >= 15 is 0 Å². The molecule has 25 heavy (non-hydrogen) atoms. The smallest absolute Gasteiger partial charge is 0.216 e. The molecular weight excluding hydrogens is 357 g/mol. The monoisotopic (exact) mass is 375 g/mol. The minimum Gasteiger partial charge on any atom is -0.356 e. The number of hydrogen-bond acceptors (Lipinski definition) is 5. The van der Waals surface area contributed by atoms with Gasteiger partial charge in [-0.2, -0.15) is 0 Å². The lowest BCUT2D eigenvalue weighted by molar-refractivity contribution is -0.118. The summed E-state index contributed by atoms with van der Waals surface area (Å²) in [7, 11) is 0. The van der Waals surface area contributed by atoms with Crippen molar-refractivity contribution in [1.82, 2.24) is 15.3 Å². The Morgan fingerprint density at radius 3 is 2.76 bits per heavy atom. The van der Waals surface area contributed by atoms with Gasteiger partial charge in [-0.25, -0.2) is 14.4 Å². The molecule has 0 radical (unpaired) electrons. The maximum atomic E-state index is 14.3. The van der Waals surface area contributed by atoms with E-state index in [0.717, 1.165) is 27.0 Å². The molecule has 2 aromatic heterocycles. The van der Waals surface area contributed by atoms with Crippen LogP contribution in [0.2, 0.25) is 0 Å². The molecule has 0 saturated carbocycles. The molecule has 130 valence electrons. The van der Waals surface area contributed by atoms with Crippen molar-refractivity contribution in [2.45, 2.75) is 26.7 Å². The Morgan fingerprint density at radius 2 is 2.08 bits per heavy atom. The summed E-state index contributed by atoms with van der Waals surface area (Å²) in [6.07, 6.45) is 1.17. The van der Waals surface area contributed by atoms with Crippen molar-refractivity contribution >= 4 is 28.6 Å². The molecular formula is C18H18FN3OS2. The molecule has 3 aromatic rings. The lowest BCUT2D eigenvalue weighted by Gasteiger charge is -2.05. The van der Waals surface area contributed by atoms with Crippen LogP contribution in [0.5, 0.6) is 0 Å². The van der Waals surface area contributed by atoms with E-state index in [1.807, 2.05) is 23.8 Å². The second-order valence-corrected chi connectivity index (χ2v) is 7.71. The molecule has 0 bridgehead atoms. The number of nitrogens with zero attached hydrogens (tertiary/aromatic N) is 2. The average Bonchev–Trinajstić information content (AvgIpc) is 3.18. The molecule has 0 aliphatic rings. The Morgan fingerprint density at radius 1 is 1.24 bits per heavy atom. The largest absolute Gasteiger partial charge is 0.356 e. The first-order valence-electron chi connectivity index (χ1n) is 7.90. The predicted octanol–water partition coefficient (Wildman–Crippen LogP) is 3.98. The third-order valence-corrected chi connectivity index (χ3v) is 5.34. The third-order valence-electron chi connectivity index (χ3n) is 3.67. The number of nitrogens with one attached hydrogen (secondary N) is 1. The normalized spacial score (nSPS) is 10.8. The van der Waals surface area contributed by atoms with E-state index < -0.39 is 0 Å². The van der Waals surface area contributed by atoms with E-state index in [9.17, 15) is 9.18 Å².